The molecule has 0 aliphatic carbocycles. The minimum absolute atomic E-state index is 0.0820. The van der Waals surface area contributed by atoms with E-state index in [0.29, 0.717) is 4.47 Å². The molecule has 0 heterocycles. The van der Waals surface area contributed by atoms with Gasteiger partial charge in [-0.3, -0.25) is 4.79 Å². The Bertz CT molecular complexity index is 601. The van der Waals surface area contributed by atoms with Crippen LogP contribution in [0.15, 0.2) is 27.6 Å². The molecular weight excluding hydrogens is 348 g/mol. The molecule has 3 N–H and O–H groups in total. The Labute approximate surface area is 126 Å². The van der Waals surface area contributed by atoms with Crippen molar-refractivity contribution >= 4 is 37.6 Å². The van der Waals surface area contributed by atoms with Crippen LogP contribution in [0.25, 0.3) is 0 Å². The van der Waals surface area contributed by atoms with E-state index in [1.165, 1.54) is 19.2 Å². The van der Waals surface area contributed by atoms with Gasteiger partial charge >= 0.3 is 5.97 Å². The number of benzene rings is 1. The summed E-state index contributed by atoms with van der Waals surface area (Å²) in [4.78, 5) is 11.5. The van der Waals surface area contributed by atoms with E-state index in [4.69, 9.17) is 5.73 Å². The first-order valence-corrected chi connectivity index (χ1v) is 8.12. The predicted molar refractivity (Wildman–Crippen MR) is 79.5 cm³/mol. The second-order valence-corrected chi connectivity index (χ2v) is 7.15. The van der Waals surface area contributed by atoms with E-state index in [1.807, 2.05) is 0 Å². The summed E-state index contributed by atoms with van der Waals surface area (Å²) in [6, 6.07) is 3.52. The molecule has 1 rings (SSSR count). The largest absolute Gasteiger partial charge is 0.468 e. The number of anilines is 1. The average Bonchev–Trinajstić information content (AvgIpc) is 2.37. The van der Waals surface area contributed by atoms with Crippen LogP contribution < -0.4 is 10.5 Å². The molecule has 1 atom stereocenters. The maximum Gasteiger partial charge on any atom is 0.324 e. The van der Waals surface area contributed by atoms with Crippen molar-refractivity contribution in [3.63, 3.8) is 0 Å². The zero-order valence-corrected chi connectivity index (χ0v) is 13.8. The second-order valence-electron chi connectivity index (χ2n) is 4.55. The molecular formula is C12H17BrN2O4S. The molecule has 0 aliphatic rings. The van der Waals surface area contributed by atoms with Crippen LogP contribution in [0.4, 0.5) is 5.69 Å². The van der Waals surface area contributed by atoms with Crippen LogP contribution in [0, 0.1) is 5.92 Å². The molecule has 0 amide bonds. The molecule has 6 nitrogen and oxygen atoms in total. The fourth-order valence-electron chi connectivity index (χ4n) is 1.55. The number of rotatable bonds is 5. The van der Waals surface area contributed by atoms with Crippen molar-refractivity contribution in [2.45, 2.75) is 24.8 Å². The van der Waals surface area contributed by atoms with Gasteiger partial charge in [0.25, 0.3) is 0 Å². The summed E-state index contributed by atoms with van der Waals surface area (Å²) < 4.78 is 32.1. The highest BCUT2D eigenvalue weighted by Gasteiger charge is 2.30. The van der Waals surface area contributed by atoms with Crippen molar-refractivity contribution < 1.29 is 17.9 Å². The first-order chi connectivity index (χ1) is 9.19. The first-order valence-electron chi connectivity index (χ1n) is 5.84. The number of hydrogen-bond donors (Lipinski definition) is 2. The fraction of sp³-hybridized carbons (Fsp3) is 0.417. The van der Waals surface area contributed by atoms with Crippen molar-refractivity contribution in [3.05, 3.63) is 22.7 Å². The molecule has 8 heteroatoms. The van der Waals surface area contributed by atoms with Gasteiger partial charge in [-0.05, 0) is 24.1 Å². The predicted octanol–water partition coefficient (Wildman–Crippen LogP) is 1.51. The van der Waals surface area contributed by atoms with Gasteiger partial charge in [-0.2, -0.15) is 4.72 Å². The van der Waals surface area contributed by atoms with Gasteiger partial charge in [0.1, 0.15) is 10.9 Å². The zero-order chi connectivity index (χ0) is 15.5. The lowest BCUT2D eigenvalue weighted by Crippen LogP contribution is -2.45. The zero-order valence-electron chi connectivity index (χ0n) is 11.4. The Morgan fingerprint density at radius 2 is 2.00 bits per heavy atom. The molecule has 0 bridgehead atoms. The number of hydrogen-bond acceptors (Lipinski definition) is 5. The number of sulfonamides is 1. The normalized spacial score (nSPS) is 13.2. The maximum absolute atomic E-state index is 12.3. The summed E-state index contributed by atoms with van der Waals surface area (Å²) in [6.07, 6.45) is 0. The molecule has 1 aromatic carbocycles. The molecule has 1 unspecified atom stereocenters. The molecule has 0 radical (unpaired) electrons. The maximum atomic E-state index is 12.3. The smallest absolute Gasteiger partial charge is 0.324 e. The lowest BCUT2D eigenvalue weighted by Gasteiger charge is -2.20. The standard InChI is InChI=1S/C12H17BrN2O4S/c1-7(2)11(12(16)19-3)15-20(17,18)10-6-8(13)4-5-9(10)14/h4-7,11,15H,14H2,1-3H3. The minimum Gasteiger partial charge on any atom is -0.468 e. The number of halogens is 1. The molecule has 0 saturated carbocycles. The van der Waals surface area contributed by atoms with E-state index in [2.05, 4.69) is 25.4 Å². The number of carbonyl (C=O) groups is 1. The summed E-state index contributed by atoms with van der Waals surface area (Å²) in [5.41, 5.74) is 5.78. The van der Waals surface area contributed by atoms with Gasteiger partial charge in [-0.15, -0.1) is 0 Å². The van der Waals surface area contributed by atoms with Gasteiger partial charge in [0, 0.05) is 4.47 Å². The second kappa shape index (κ2) is 6.55. The van der Waals surface area contributed by atoms with E-state index in [1.54, 1.807) is 19.9 Å². The third-order valence-corrected chi connectivity index (χ3v) is 4.66. The van der Waals surface area contributed by atoms with Crippen molar-refractivity contribution in [1.29, 1.82) is 0 Å². The van der Waals surface area contributed by atoms with Crippen LogP contribution in [-0.4, -0.2) is 27.5 Å². The lowest BCUT2D eigenvalue weighted by atomic mass is 10.1. The topological polar surface area (TPSA) is 98.5 Å². The number of nitrogen functional groups attached to an aromatic ring is 1. The summed E-state index contributed by atoms with van der Waals surface area (Å²) in [5.74, 6) is -0.900. The third kappa shape index (κ3) is 3.94. The Morgan fingerprint density at radius 3 is 2.50 bits per heavy atom. The van der Waals surface area contributed by atoms with E-state index in [9.17, 15) is 13.2 Å². The van der Waals surface area contributed by atoms with Gasteiger partial charge in [-0.25, -0.2) is 8.42 Å². The first kappa shape index (κ1) is 16.9. The van der Waals surface area contributed by atoms with Crippen LogP contribution >= 0.6 is 15.9 Å². The monoisotopic (exact) mass is 364 g/mol. The Morgan fingerprint density at radius 1 is 1.40 bits per heavy atom. The van der Waals surface area contributed by atoms with Gasteiger partial charge in [0.2, 0.25) is 10.0 Å². The Balaban J connectivity index is 3.16. The Hall–Kier alpha value is -1.12. The van der Waals surface area contributed by atoms with Crippen LogP contribution in [-0.2, 0) is 19.6 Å². The molecule has 0 fully saturated rings. The number of nitrogens with two attached hydrogens (primary N) is 1. The number of carbonyl (C=O) groups excluding carboxylic acids is 1. The SMILES string of the molecule is COC(=O)C(NS(=O)(=O)c1cc(Br)ccc1N)C(C)C. The molecule has 0 saturated heterocycles. The van der Waals surface area contributed by atoms with Crippen molar-refractivity contribution in [2.75, 3.05) is 12.8 Å². The van der Waals surface area contributed by atoms with E-state index >= 15 is 0 Å². The number of esters is 1. The number of nitrogens with one attached hydrogen (secondary N) is 1. The molecule has 20 heavy (non-hydrogen) atoms. The van der Waals surface area contributed by atoms with Crippen molar-refractivity contribution in [3.8, 4) is 0 Å². The summed E-state index contributed by atoms with van der Waals surface area (Å²) in [5, 5.41) is 0. The third-order valence-electron chi connectivity index (χ3n) is 2.67. The summed E-state index contributed by atoms with van der Waals surface area (Å²) >= 11 is 3.19. The number of ether oxygens (including phenoxy) is 1. The van der Waals surface area contributed by atoms with Crippen LogP contribution in [0.2, 0.25) is 0 Å². The van der Waals surface area contributed by atoms with Gasteiger partial charge in [0.15, 0.2) is 0 Å². The van der Waals surface area contributed by atoms with Crippen LogP contribution in [0.5, 0.6) is 0 Å². The van der Waals surface area contributed by atoms with Crippen LogP contribution in [0.3, 0.4) is 0 Å². The van der Waals surface area contributed by atoms with E-state index in [-0.39, 0.29) is 16.5 Å². The van der Waals surface area contributed by atoms with E-state index < -0.39 is 22.0 Å². The molecule has 0 spiro atoms. The highest BCUT2D eigenvalue weighted by Crippen LogP contribution is 2.23. The minimum atomic E-state index is -3.92. The highest BCUT2D eigenvalue weighted by molar-refractivity contribution is 9.10. The quantitative estimate of drug-likeness (QED) is 0.609. The van der Waals surface area contributed by atoms with Gasteiger partial charge in [0.05, 0.1) is 12.8 Å². The van der Waals surface area contributed by atoms with E-state index in [0.717, 1.165) is 0 Å². The van der Waals surface area contributed by atoms with Gasteiger partial charge < -0.3 is 10.5 Å². The van der Waals surface area contributed by atoms with Gasteiger partial charge in [-0.1, -0.05) is 29.8 Å². The summed E-state index contributed by atoms with van der Waals surface area (Å²) in [7, 11) is -2.71. The van der Waals surface area contributed by atoms with Crippen LogP contribution in [0.1, 0.15) is 13.8 Å². The molecule has 0 aliphatic heterocycles. The number of methoxy groups -OCH3 is 1. The highest BCUT2D eigenvalue weighted by atomic mass is 79.9. The Kier molecular flexibility index (Phi) is 5.55. The van der Waals surface area contributed by atoms with Crippen molar-refractivity contribution in [1.82, 2.24) is 4.72 Å². The molecule has 0 aromatic heterocycles. The fourth-order valence-corrected chi connectivity index (χ4v) is 3.56. The lowest BCUT2D eigenvalue weighted by molar-refractivity contribution is -0.143. The summed E-state index contributed by atoms with van der Waals surface area (Å²) in [6.45, 7) is 3.43. The van der Waals surface area contributed by atoms with Crippen molar-refractivity contribution in [2.24, 2.45) is 5.92 Å². The average molecular weight is 365 g/mol. The molecule has 1 aromatic rings. The molecule has 112 valence electrons.